The Bertz CT molecular complexity index is 1100. The predicted octanol–water partition coefficient (Wildman–Crippen LogP) is 3.12. The standard InChI is InChI=1S/C20H20Cl2N2O6S/c1-13-16(21)3-2-4-18(13)23-19(25)12-30-20(26)15-11-14(5-6-17(15)22)31(27,28)24-7-9-29-10-8-24/h2-6,11H,7-10,12H2,1H3,(H,23,25). The Balaban J connectivity index is 1.69. The van der Waals surface area contributed by atoms with Crippen LogP contribution in [-0.2, 0) is 24.3 Å². The van der Waals surface area contributed by atoms with Gasteiger partial charge in [0.1, 0.15) is 0 Å². The Kier molecular flexibility index (Phi) is 7.55. The molecule has 3 rings (SSSR count). The van der Waals surface area contributed by atoms with Crippen molar-refractivity contribution in [2.75, 3.05) is 38.2 Å². The van der Waals surface area contributed by atoms with Crippen LogP contribution in [0.3, 0.4) is 0 Å². The van der Waals surface area contributed by atoms with Gasteiger partial charge in [0.2, 0.25) is 10.0 Å². The van der Waals surface area contributed by atoms with Crippen molar-refractivity contribution in [1.29, 1.82) is 0 Å². The van der Waals surface area contributed by atoms with Crippen molar-refractivity contribution in [3.8, 4) is 0 Å². The number of hydrogen-bond donors (Lipinski definition) is 1. The van der Waals surface area contributed by atoms with Gasteiger partial charge in [0.05, 0.1) is 28.7 Å². The maximum Gasteiger partial charge on any atom is 0.340 e. The molecule has 1 N–H and O–H groups in total. The van der Waals surface area contributed by atoms with Crippen LogP contribution in [0.4, 0.5) is 5.69 Å². The lowest BCUT2D eigenvalue weighted by molar-refractivity contribution is -0.119. The van der Waals surface area contributed by atoms with Crippen LogP contribution >= 0.6 is 23.2 Å². The van der Waals surface area contributed by atoms with E-state index in [0.29, 0.717) is 29.5 Å². The van der Waals surface area contributed by atoms with Crippen LogP contribution in [0.2, 0.25) is 10.0 Å². The van der Waals surface area contributed by atoms with Gasteiger partial charge >= 0.3 is 5.97 Å². The molecule has 1 amide bonds. The van der Waals surface area contributed by atoms with Gasteiger partial charge in [-0.1, -0.05) is 29.3 Å². The lowest BCUT2D eigenvalue weighted by Gasteiger charge is -2.26. The lowest BCUT2D eigenvalue weighted by atomic mass is 10.2. The molecule has 2 aromatic rings. The number of nitrogens with zero attached hydrogens (tertiary/aromatic N) is 1. The first-order valence-corrected chi connectivity index (χ1v) is 11.5. The van der Waals surface area contributed by atoms with Crippen LogP contribution in [0.15, 0.2) is 41.3 Å². The first-order valence-electron chi connectivity index (χ1n) is 9.29. The number of esters is 1. The number of amides is 1. The highest BCUT2D eigenvalue weighted by molar-refractivity contribution is 7.89. The average Bonchev–Trinajstić information content (AvgIpc) is 2.76. The van der Waals surface area contributed by atoms with Crippen LogP contribution < -0.4 is 5.32 Å². The number of nitrogens with one attached hydrogen (secondary N) is 1. The Hall–Kier alpha value is -2.17. The van der Waals surface area contributed by atoms with Crippen molar-refractivity contribution in [2.45, 2.75) is 11.8 Å². The largest absolute Gasteiger partial charge is 0.452 e. The van der Waals surface area contributed by atoms with Crippen LogP contribution in [0.5, 0.6) is 0 Å². The van der Waals surface area contributed by atoms with Gasteiger partial charge in [0.15, 0.2) is 6.61 Å². The van der Waals surface area contributed by atoms with Gasteiger partial charge in [-0.3, -0.25) is 4.79 Å². The molecule has 2 aromatic carbocycles. The number of morpholine rings is 1. The molecule has 0 saturated carbocycles. The average molecular weight is 487 g/mol. The molecule has 1 aliphatic rings. The molecule has 0 bridgehead atoms. The summed E-state index contributed by atoms with van der Waals surface area (Å²) in [7, 11) is -3.82. The number of carbonyl (C=O) groups is 2. The van der Waals surface area contributed by atoms with Crippen LogP contribution in [-0.4, -0.2) is 57.5 Å². The second-order valence-corrected chi connectivity index (χ2v) is 9.45. The SMILES string of the molecule is Cc1c(Cl)cccc1NC(=O)COC(=O)c1cc(S(=O)(=O)N2CCOCC2)ccc1Cl. The summed E-state index contributed by atoms with van der Waals surface area (Å²) in [5.74, 6) is -1.49. The molecule has 1 heterocycles. The van der Waals surface area contributed by atoms with Gasteiger partial charge in [-0.05, 0) is 42.8 Å². The minimum Gasteiger partial charge on any atom is -0.452 e. The molecular weight excluding hydrogens is 467 g/mol. The van der Waals surface area contributed by atoms with Gasteiger partial charge in [-0.25, -0.2) is 13.2 Å². The second-order valence-electron chi connectivity index (χ2n) is 6.69. The number of hydrogen-bond acceptors (Lipinski definition) is 6. The van der Waals surface area contributed by atoms with E-state index in [1.807, 2.05) is 0 Å². The van der Waals surface area contributed by atoms with Crippen molar-refractivity contribution in [3.05, 3.63) is 57.6 Å². The maximum absolute atomic E-state index is 12.8. The van der Waals surface area contributed by atoms with Crippen molar-refractivity contribution < 1.29 is 27.5 Å². The fraction of sp³-hybridized carbons (Fsp3) is 0.300. The summed E-state index contributed by atoms with van der Waals surface area (Å²) >= 11 is 12.1. The van der Waals surface area contributed by atoms with Crippen LogP contribution in [0.1, 0.15) is 15.9 Å². The zero-order valence-corrected chi connectivity index (χ0v) is 18.9. The monoisotopic (exact) mass is 486 g/mol. The summed E-state index contributed by atoms with van der Waals surface area (Å²) < 4.78 is 37.1. The quantitative estimate of drug-likeness (QED) is 0.629. The molecule has 1 saturated heterocycles. The highest BCUT2D eigenvalue weighted by atomic mass is 35.5. The van der Waals surface area contributed by atoms with Gasteiger partial charge < -0.3 is 14.8 Å². The van der Waals surface area contributed by atoms with E-state index in [2.05, 4.69) is 5.32 Å². The fourth-order valence-electron chi connectivity index (χ4n) is 2.90. The normalized spacial score (nSPS) is 14.8. The summed E-state index contributed by atoms with van der Waals surface area (Å²) in [5.41, 5.74) is 1.01. The summed E-state index contributed by atoms with van der Waals surface area (Å²) in [6, 6.07) is 8.80. The molecule has 8 nitrogen and oxygen atoms in total. The van der Waals surface area contributed by atoms with Crippen LogP contribution in [0, 0.1) is 6.92 Å². The van der Waals surface area contributed by atoms with E-state index in [1.54, 1.807) is 25.1 Å². The zero-order valence-electron chi connectivity index (χ0n) is 16.6. The molecule has 0 atom stereocenters. The number of ether oxygens (including phenoxy) is 2. The third-order valence-electron chi connectivity index (χ3n) is 4.64. The highest BCUT2D eigenvalue weighted by Crippen LogP contribution is 2.25. The minimum atomic E-state index is -3.82. The Labute approximate surface area is 190 Å². The molecule has 0 spiro atoms. The molecule has 11 heteroatoms. The fourth-order valence-corrected chi connectivity index (χ4v) is 4.70. The van der Waals surface area contributed by atoms with E-state index in [4.69, 9.17) is 32.7 Å². The highest BCUT2D eigenvalue weighted by Gasteiger charge is 2.28. The third kappa shape index (κ3) is 5.55. The number of rotatable bonds is 6. The molecule has 1 aliphatic heterocycles. The molecule has 166 valence electrons. The Morgan fingerprint density at radius 2 is 1.84 bits per heavy atom. The molecule has 0 unspecified atom stereocenters. The second kappa shape index (κ2) is 9.97. The van der Waals surface area contributed by atoms with E-state index >= 15 is 0 Å². The van der Waals surface area contributed by atoms with Crippen molar-refractivity contribution in [1.82, 2.24) is 4.31 Å². The topological polar surface area (TPSA) is 102 Å². The van der Waals surface area contributed by atoms with Crippen molar-refractivity contribution in [3.63, 3.8) is 0 Å². The smallest absolute Gasteiger partial charge is 0.340 e. The minimum absolute atomic E-state index is 0.0111. The zero-order chi connectivity index (χ0) is 22.6. The molecule has 0 radical (unpaired) electrons. The lowest BCUT2D eigenvalue weighted by Crippen LogP contribution is -2.40. The van der Waals surface area contributed by atoms with Gasteiger partial charge in [-0.2, -0.15) is 4.31 Å². The van der Waals surface area contributed by atoms with E-state index in [0.717, 1.165) is 6.07 Å². The van der Waals surface area contributed by atoms with E-state index < -0.39 is 28.5 Å². The molecule has 0 aromatic heterocycles. The van der Waals surface area contributed by atoms with Gasteiger partial charge in [-0.15, -0.1) is 0 Å². The van der Waals surface area contributed by atoms with E-state index in [1.165, 1.54) is 16.4 Å². The first kappa shape index (κ1) is 23.5. The van der Waals surface area contributed by atoms with E-state index in [-0.39, 0.29) is 28.6 Å². The number of benzene rings is 2. The number of halogens is 2. The van der Waals surface area contributed by atoms with Crippen LogP contribution in [0.25, 0.3) is 0 Å². The number of anilines is 1. The Morgan fingerprint density at radius 3 is 2.55 bits per heavy atom. The molecule has 0 aliphatic carbocycles. The summed E-state index contributed by atoms with van der Waals surface area (Å²) in [4.78, 5) is 24.5. The van der Waals surface area contributed by atoms with Crippen molar-refractivity contribution in [2.24, 2.45) is 0 Å². The number of sulfonamides is 1. The van der Waals surface area contributed by atoms with Gasteiger partial charge in [0.25, 0.3) is 5.91 Å². The Morgan fingerprint density at radius 1 is 1.13 bits per heavy atom. The van der Waals surface area contributed by atoms with E-state index in [9.17, 15) is 18.0 Å². The first-order chi connectivity index (χ1) is 14.7. The van der Waals surface area contributed by atoms with Gasteiger partial charge in [0, 0.05) is 23.8 Å². The summed E-state index contributed by atoms with van der Waals surface area (Å²) in [6.07, 6.45) is 0. The maximum atomic E-state index is 12.8. The third-order valence-corrected chi connectivity index (χ3v) is 7.28. The summed E-state index contributed by atoms with van der Waals surface area (Å²) in [6.45, 7) is 2.18. The molecular formula is C20H20Cl2N2O6S. The van der Waals surface area contributed by atoms with Crippen molar-refractivity contribution >= 4 is 50.8 Å². The molecule has 31 heavy (non-hydrogen) atoms. The number of carbonyl (C=O) groups excluding carboxylic acids is 2. The predicted molar refractivity (Wildman–Crippen MR) is 116 cm³/mol. The summed E-state index contributed by atoms with van der Waals surface area (Å²) in [5, 5.41) is 3.10. The molecule has 1 fully saturated rings.